The van der Waals surface area contributed by atoms with Gasteiger partial charge in [-0.05, 0) is 49.0 Å². The number of thioether (sulfide) groups is 1. The van der Waals surface area contributed by atoms with Crippen molar-refractivity contribution in [1.82, 2.24) is 26.6 Å². The number of carbonyl (C=O) groups excluding carboxylic acids is 4. The van der Waals surface area contributed by atoms with E-state index in [1.54, 1.807) is 20.8 Å². The number of amides is 4. The van der Waals surface area contributed by atoms with E-state index >= 15 is 0 Å². The van der Waals surface area contributed by atoms with Crippen LogP contribution in [0, 0.1) is 23.2 Å². The lowest BCUT2D eigenvalue weighted by molar-refractivity contribution is -0.144. The Morgan fingerprint density at radius 3 is 1.79 bits per heavy atom. The highest BCUT2D eigenvalue weighted by Gasteiger charge is 2.33. The molecule has 43 heavy (non-hydrogen) atoms. The molecule has 0 aliphatic carbocycles. The molecule has 0 heterocycles. The van der Waals surface area contributed by atoms with Gasteiger partial charge in [0.2, 0.25) is 23.6 Å². The summed E-state index contributed by atoms with van der Waals surface area (Å²) in [6, 6.07) is -5.05. The molecule has 0 fully saturated rings. The molecule has 0 unspecified atom stereocenters. The predicted molar refractivity (Wildman–Crippen MR) is 169 cm³/mol. The summed E-state index contributed by atoms with van der Waals surface area (Å²) in [4.78, 5) is 64.6. The highest BCUT2D eigenvalue weighted by atomic mass is 32.2. The van der Waals surface area contributed by atoms with Crippen LogP contribution in [0.15, 0.2) is 0 Å². The highest BCUT2D eigenvalue weighted by Crippen LogP contribution is 2.11. The van der Waals surface area contributed by atoms with Crippen molar-refractivity contribution in [2.45, 2.75) is 104 Å². The summed E-state index contributed by atoms with van der Waals surface area (Å²) < 4.78 is 0. The molecule has 0 spiro atoms. The van der Waals surface area contributed by atoms with Crippen molar-refractivity contribution < 1.29 is 29.1 Å². The van der Waals surface area contributed by atoms with Crippen LogP contribution in [0.1, 0.15) is 73.6 Å². The SMILES string of the molecule is CC[C@H](C)[C@H](N)C(=O)N[C@H](C(=O)N[C@@H](CCSC)C(=O)N[C@@H](CCCNC(=N)N)C(=O)N[C@H](C(=O)O)[C@@H](C)CC)C(C)C. The van der Waals surface area contributed by atoms with Gasteiger partial charge in [0.05, 0.1) is 6.04 Å². The number of nitrogens with two attached hydrogens (primary N) is 2. The number of guanidine groups is 1. The lowest BCUT2D eigenvalue weighted by Crippen LogP contribution is -2.60. The van der Waals surface area contributed by atoms with Gasteiger partial charge >= 0.3 is 5.97 Å². The Morgan fingerprint density at radius 1 is 0.791 bits per heavy atom. The van der Waals surface area contributed by atoms with Crippen molar-refractivity contribution in [1.29, 1.82) is 5.41 Å². The topological polar surface area (TPSA) is 242 Å². The van der Waals surface area contributed by atoms with Gasteiger partial charge in [-0.15, -0.1) is 0 Å². The van der Waals surface area contributed by atoms with Crippen LogP contribution in [0.5, 0.6) is 0 Å². The first-order valence-corrected chi connectivity index (χ1v) is 16.3. The summed E-state index contributed by atoms with van der Waals surface area (Å²) in [6.07, 6.45) is 3.74. The van der Waals surface area contributed by atoms with Crippen LogP contribution in [0.3, 0.4) is 0 Å². The van der Waals surface area contributed by atoms with Crippen molar-refractivity contribution in [3.8, 4) is 0 Å². The summed E-state index contributed by atoms with van der Waals surface area (Å²) >= 11 is 1.47. The lowest BCUT2D eigenvalue weighted by Gasteiger charge is -2.28. The quantitative estimate of drug-likeness (QED) is 0.0470. The molecule has 0 saturated carbocycles. The molecule has 15 heteroatoms. The van der Waals surface area contributed by atoms with Crippen molar-refractivity contribution >= 4 is 47.3 Å². The zero-order valence-corrected chi connectivity index (χ0v) is 27.4. The second-order valence-electron chi connectivity index (χ2n) is 11.2. The van der Waals surface area contributed by atoms with Crippen molar-refractivity contribution in [2.75, 3.05) is 18.6 Å². The third-order valence-electron chi connectivity index (χ3n) is 7.45. The smallest absolute Gasteiger partial charge is 0.326 e. The molecule has 11 N–H and O–H groups in total. The fourth-order valence-corrected chi connectivity index (χ4v) is 4.54. The number of carboxylic acids is 1. The number of hydrogen-bond acceptors (Lipinski definition) is 8. The van der Waals surface area contributed by atoms with Crippen LogP contribution in [0.2, 0.25) is 0 Å². The molecule has 0 aliphatic rings. The fraction of sp³-hybridized carbons (Fsp3) is 0.786. The van der Waals surface area contributed by atoms with Gasteiger partial charge in [-0.25, -0.2) is 4.79 Å². The van der Waals surface area contributed by atoms with Crippen LogP contribution in [0.25, 0.3) is 0 Å². The largest absolute Gasteiger partial charge is 0.480 e. The Balaban J connectivity index is 5.92. The predicted octanol–water partition coefficient (Wildman–Crippen LogP) is 0.102. The maximum atomic E-state index is 13.5. The summed E-state index contributed by atoms with van der Waals surface area (Å²) in [7, 11) is 0. The van der Waals surface area contributed by atoms with E-state index in [0.717, 1.165) is 0 Å². The average Bonchev–Trinajstić information content (AvgIpc) is 2.95. The number of carboxylic acid groups (broad SMARTS) is 1. The van der Waals surface area contributed by atoms with Crippen LogP contribution >= 0.6 is 11.8 Å². The minimum Gasteiger partial charge on any atom is -0.480 e. The molecule has 0 rings (SSSR count). The summed E-state index contributed by atoms with van der Waals surface area (Å²) in [6.45, 7) is 11.1. The Kier molecular flexibility index (Phi) is 19.3. The van der Waals surface area contributed by atoms with Gasteiger partial charge in [0, 0.05) is 6.54 Å². The van der Waals surface area contributed by atoms with Crippen LogP contribution in [-0.4, -0.2) is 89.4 Å². The Bertz CT molecular complexity index is 937. The minimum absolute atomic E-state index is 0.0919. The Morgan fingerprint density at radius 2 is 1.30 bits per heavy atom. The lowest BCUT2D eigenvalue weighted by atomic mass is 9.97. The van der Waals surface area contributed by atoms with Crippen molar-refractivity contribution in [2.24, 2.45) is 29.2 Å². The van der Waals surface area contributed by atoms with Gasteiger partial charge < -0.3 is 43.2 Å². The van der Waals surface area contributed by atoms with E-state index in [1.807, 2.05) is 27.0 Å². The first kappa shape index (κ1) is 39.9. The van der Waals surface area contributed by atoms with E-state index in [0.29, 0.717) is 25.0 Å². The van der Waals surface area contributed by atoms with Gasteiger partial charge in [0.1, 0.15) is 24.2 Å². The molecule has 0 aliphatic heterocycles. The van der Waals surface area contributed by atoms with E-state index in [4.69, 9.17) is 16.9 Å². The first-order chi connectivity index (χ1) is 20.1. The second kappa shape index (κ2) is 20.8. The molecule has 7 atom stereocenters. The Labute approximate surface area is 259 Å². The minimum atomic E-state index is -1.19. The Hall–Kier alpha value is -3.07. The van der Waals surface area contributed by atoms with Crippen LogP contribution in [-0.2, 0) is 24.0 Å². The molecule has 0 radical (unpaired) electrons. The van der Waals surface area contributed by atoms with E-state index < -0.39 is 59.8 Å². The van der Waals surface area contributed by atoms with E-state index in [1.165, 1.54) is 11.8 Å². The zero-order chi connectivity index (χ0) is 33.3. The molecule has 0 saturated heterocycles. The highest BCUT2D eigenvalue weighted by molar-refractivity contribution is 7.98. The molecule has 248 valence electrons. The van der Waals surface area contributed by atoms with Gasteiger partial charge in [0.15, 0.2) is 5.96 Å². The zero-order valence-electron chi connectivity index (χ0n) is 26.6. The molecule has 0 aromatic heterocycles. The first-order valence-electron chi connectivity index (χ1n) is 14.9. The van der Waals surface area contributed by atoms with Gasteiger partial charge in [-0.2, -0.15) is 11.8 Å². The number of nitrogens with one attached hydrogen (secondary N) is 6. The monoisotopic (exact) mass is 630 g/mol. The molecular weight excluding hydrogens is 576 g/mol. The number of rotatable bonds is 21. The summed E-state index contributed by atoms with van der Waals surface area (Å²) in [5.41, 5.74) is 11.4. The van der Waals surface area contributed by atoms with Crippen LogP contribution < -0.4 is 38.1 Å². The van der Waals surface area contributed by atoms with Crippen molar-refractivity contribution in [3.05, 3.63) is 0 Å². The second-order valence-corrected chi connectivity index (χ2v) is 12.2. The van der Waals surface area contributed by atoms with E-state index in [-0.39, 0.29) is 43.1 Å². The number of aliphatic carboxylic acids is 1. The standard InChI is InChI=1S/C28H54N8O6S/c1-8-16(5)20(29)25(39)35-21(15(3)4)26(40)34-19(12-14-43-7)23(37)33-18(11-10-13-32-28(30)31)24(38)36-22(27(41)42)17(6)9-2/h15-22H,8-14,29H2,1-7H3,(H,33,37)(H,34,40)(H,35,39)(H,36,38)(H,41,42)(H4,30,31,32)/t16-,17-,18-,19-,20-,21-,22-/m0/s1. The van der Waals surface area contributed by atoms with Gasteiger partial charge in [-0.1, -0.05) is 54.4 Å². The van der Waals surface area contributed by atoms with E-state index in [2.05, 4.69) is 26.6 Å². The summed E-state index contributed by atoms with van der Waals surface area (Å²) in [5, 5.41) is 30.3. The summed E-state index contributed by atoms with van der Waals surface area (Å²) in [5.74, 6) is -3.99. The normalized spacial score (nSPS) is 16.0. The van der Waals surface area contributed by atoms with Crippen molar-refractivity contribution in [3.63, 3.8) is 0 Å². The number of hydrogen-bond donors (Lipinski definition) is 9. The van der Waals surface area contributed by atoms with Gasteiger partial charge in [0.25, 0.3) is 0 Å². The molecule has 0 bridgehead atoms. The third kappa shape index (κ3) is 14.8. The molecule has 0 aromatic rings. The molecular formula is C28H54N8O6S. The average molecular weight is 631 g/mol. The van der Waals surface area contributed by atoms with Crippen LogP contribution in [0.4, 0.5) is 0 Å². The molecule has 4 amide bonds. The molecule has 0 aromatic carbocycles. The maximum absolute atomic E-state index is 13.5. The maximum Gasteiger partial charge on any atom is 0.326 e. The van der Waals surface area contributed by atoms with Gasteiger partial charge in [-0.3, -0.25) is 24.6 Å². The molecule has 14 nitrogen and oxygen atoms in total. The fourth-order valence-electron chi connectivity index (χ4n) is 4.07. The van der Waals surface area contributed by atoms with E-state index in [9.17, 15) is 29.1 Å². The third-order valence-corrected chi connectivity index (χ3v) is 8.09. The number of carbonyl (C=O) groups is 5.